The molecule has 242 valence electrons. The zero-order valence-corrected chi connectivity index (χ0v) is 32.3. The lowest BCUT2D eigenvalue weighted by Gasteiger charge is -2.38. The van der Waals surface area contributed by atoms with E-state index in [1.54, 1.807) is 0 Å². The van der Waals surface area contributed by atoms with E-state index >= 15 is 0 Å². The normalized spacial score (nSPS) is 13.8. The zero-order chi connectivity index (χ0) is 30.0. The molecule has 0 amide bonds. The third-order valence-corrected chi connectivity index (χ3v) is 16.9. The van der Waals surface area contributed by atoms with E-state index in [0.717, 1.165) is 25.3 Å². The average Bonchev–Trinajstić information content (AvgIpc) is 2.78. The van der Waals surface area contributed by atoms with Gasteiger partial charge in [-0.15, -0.1) is 0 Å². The maximum Gasteiger partial charge on any atom is 0.314 e. The van der Waals surface area contributed by atoms with Crippen molar-refractivity contribution < 1.29 is 35.9 Å². The van der Waals surface area contributed by atoms with Gasteiger partial charge in [-0.25, -0.2) is 0 Å². The Morgan fingerprint density at radius 2 is 1.10 bits per heavy atom. The second kappa shape index (κ2) is 22.0. The number of hydrogen-bond donors (Lipinski definition) is 1. The molecule has 0 aromatic carbocycles. The summed E-state index contributed by atoms with van der Waals surface area (Å²) in [4.78, 5) is 12.8. The Balaban J connectivity index is 0. The molecule has 0 heterocycles. The largest absolute Gasteiger partial charge is 1.00 e. The molecule has 5 nitrogen and oxygen atoms in total. The highest BCUT2D eigenvalue weighted by molar-refractivity contribution is 6.87. The second-order valence-electron chi connectivity index (χ2n) is 14.6. The Labute approximate surface area is 259 Å². The van der Waals surface area contributed by atoms with Crippen LogP contribution in [0.4, 0.5) is 0 Å². The third-order valence-electron chi connectivity index (χ3n) is 7.28. The number of rotatable bonds is 26. The van der Waals surface area contributed by atoms with Crippen LogP contribution < -0.4 is 18.1 Å². The molecule has 0 aliphatic heterocycles. The molecular formula is C31H70ClNO4Si3. The van der Waals surface area contributed by atoms with Crippen molar-refractivity contribution in [2.24, 2.45) is 5.41 Å². The molecule has 40 heavy (non-hydrogen) atoms. The van der Waals surface area contributed by atoms with E-state index in [-0.39, 0.29) is 36.3 Å². The van der Waals surface area contributed by atoms with Gasteiger partial charge in [-0.1, -0.05) is 104 Å². The molecule has 1 atom stereocenters. The van der Waals surface area contributed by atoms with E-state index in [4.69, 9.17) is 13.0 Å². The van der Waals surface area contributed by atoms with Gasteiger partial charge in [0.15, 0.2) is 16.6 Å². The summed E-state index contributed by atoms with van der Waals surface area (Å²) < 4.78 is 19.6. The first-order chi connectivity index (χ1) is 18.1. The minimum atomic E-state index is -2.28. The number of carbonyl (C=O) groups excluding carboxylic acids is 1. The maximum atomic E-state index is 12.8. The fourth-order valence-electron chi connectivity index (χ4n) is 5.63. The summed E-state index contributed by atoms with van der Waals surface area (Å²) in [6.45, 7) is 23.2. The summed E-state index contributed by atoms with van der Waals surface area (Å²) in [5, 5.41) is 0. The predicted molar refractivity (Wildman–Crippen MR) is 176 cm³/mol. The molecule has 0 rings (SSSR count). The van der Waals surface area contributed by atoms with Crippen molar-refractivity contribution >= 4 is 31.0 Å². The molecule has 0 radical (unpaired) electrons. The first-order valence-corrected chi connectivity index (χ1v) is 25.7. The summed E-state index contributed by atoms with van der Waals surface area (Å²) >= 11 is 0. The second-order valence-corrected chi connectivity index (χ2v) is 27.5. The Bertz CT molecular complexity index is 623. The van der Waals surface area contributed by atoms with E-state index in [0.29, 0.717) is 6.61 Å². The molecule has 3 N–H and O–H groups in total. The maximum absolute atomic E-state index is 12.8. The van der Waals surface area contributed by atoms with E-state index < -0.39 is 25.2 Å². The monoisotopic (exact) mass is 639 g/mol. The molecule has 1 unspecified atom stereocenters. The van der Waals surface area contributed by atoms with Crippen molar-refractivity contribution in [1.82, 2.24) is 0 Å². The van der Waals surface area contributed by atoms with Crippen LogP contribution in [0.25, 0.3) is 0 Å². The average molecular weight is 641 g/mol. The van der Waals surface area contributed by atoms with Crippen LogP contribution in [0.1, 0.15) is 117 Å². The number of carbonyl (C=O) groups is 1. The minimum absolute atomic E-state index is 0. The molecule has 0 spiro atoms. The summed E-state index contributed by atoms with van der Waals surface area (Å²) in [6, 6.07) is 0.909. The van der Waals surface area contributed by atoms with Crippen molar-refractivity contribution in [3.8, 4) is 0 Å². The lowest BCUT2D eigenvalue weighted by atomic mass is 9.79. The summed E-state index contributed by atoms with van der Waals surface area (Å²) in [5.41, 5.74) is 3.71. The first kappa shape index (κ1) is 42.6. The van der Waals surface area contributed by atoms with Crippen LogP contribution in [0, 0.1) is 5.41 Å². The Morgan fingerprint density at radius 3 is 1.48 bits per heavy atom. The van der Waals surface area contributed by atoms with Gasteiger partial charge in [0.2, 0.25) is 5.78 Å². The van der Waals surface area contributed by atoms with Gasteiger partial charge in [-0.05, 0) is 70.1 Å². The molecule has 0 aliphatic carbocycles. The van der Waals surface area contributed by atoms with E-state index in [1.807, 2.05) is 0 Å². The molecule has 0 aromatic rings. The lowest BCUT2D eigenvalue weighted by Crippen LogP contribution is -3.00. The highest BCUT2D eigenvalue weighted by Crippen LogP contribution is 2.32. The molecule has 0 fully saturated rings. The van der Waals surface area contributed by atoms with Gasteiger partial charge in [0.25, 0.3) is 0 Å². The Hall–Kier alpha value is 0.451. The van der Waals surface area contributed by atoms with Crippen LogP contribution >= 0.6 is 0 Å². The van der Waals surface area contributed by atoms with Crippen LogP contribution in [0.15, 0.2) is 0 Å². The molecular weight excluding hydrogens is 570 g/mol. The Morgan fingerprint density at radius 1 is 0.700 bits per heavy atom. The number of Topliss-reactive ketones (excluding diaryl/α,β-unsaturated/α-hetero) is 1. The van der Waals surface area contributed by atoms with Crippen LogP contribution in [-0.2, 0) is 17.8 Å². The molecule has 9 heteroatoms. The van der Waals surface area contributed by atoms with Crippen molar-refractivity contribution in [2.75, 3.05) is 13.2 Å². The van der Waals surface area contributed by atoms with Gasteiger partial charge in [-0.2, -0.15) is 0 Å². The molecule has 0 bridgehead atoms. The highest BCUT2D eigenvalue weighted by atomic mass is 35.5. The van der Waals surface area contributed by atoms with Gasteiger partial charge in [0.1, 0.15) is 12.6 Å². The fourth-order valence-corrected chi connectivity index (χ4v) is 18.1. The number of halogens is 1. The minimum Gasteiger partial charge on any atom is -1.00 e. The third kappa shape index (κ3) is 23.0. The lowest BCUT2D eigenvalue weighted by molar-refractivity contribution is -0.356. The summed E-state index contributed by atoms with van der Waals surface area (Å²) in [6.07, 6.45) is 19.1. The van der Waals surface area contributed by atoms with Gasteiger partial charge < -0.3 is 31.1 Å². The van der Waals surface area contributed by atoms with Gasteiger partial charge in [0.05, 0.1) is 0 Å². The molecule has 0 aliphatic rings. The highest BCUT2D eigenvalue weighted by Gasteiger charge is 2.40. The molecule has 0 saturated heterocycles. The van der Waals surface area contributed by atoms with Crippen LogP contribution in [0.3, 0.4) is 0 Å². The van der Waals surface area contributed by atoms with Crippen molar-refractivity contribution in [1.29, 1.82) is 0 Å². The number of ether oxygens (including phenoxy) is 1. The molecule has 0 aromatic heterocycles. The van der Waals surface area contributed by atoms with E-state index in [9.17, 15) is 4.79 Å². The standard InChI is InChI=1S/C31H69NO4Si3.ClH/c1-11-12-13-14-15-16-17-18-19-20-21-22-23-25-31(2,3)30(29(33)28-32)34-26-24-27-39(10,35-37(4,5)6)36-38(7,8)9;/h30H,11-28,32H2,1-10H3;1H. The number of ketones is 1. The Kier molecular flexibility index (Phi) is 23.5. The van der Waals surface area contributed by atoms with Crippen molar-refractivity contribution in [2.45, 2.75) is 175 Å². The number of hydrogen-bond acceptors (Lipinski definition) is 4. The van der Waals surface area contributed by atoms with E-state index in [2.05, 4.69) is 72.3 Å². The van der Waals surface area contributed by atoms with E-state index in [1.165, 1.54) is 77.0 Å². The van der Waals surface area contributed by atoms with Crippen molar-refractivity contribution in [3.63, 3.8) is 0 Å². The topological polar surface area (TPSA) is 72.4 Å². The SMILES string of the molecule is CCCCCCCCCCCCCCCC(C)(C)C(OCCC[Si](C)(O[Si](C)(C)C)O[Si](C)(C)C)C(=O)C[NH3+].[Cl-]. The predicted octanol–water partition coefficient (Wildman–Crippen LogP) is 5.86. The quantitative estimate of drug-likeness (QED) is 0.0951. The van der Waals surface area contributed by atoms with Gasteiger partial charge in [-0.3, -0.25) is 4.79 Å². The van der Waals surface area contributed by atoms with Crippen LogP contribution in [0.5, 0.6) is 0 Å². The summed E-state index contributed by atoms with van der Waals surface area (Å²) in [7, 11) is -5.70. The zero-order valence-electron chi connectivity index (χ0n) is 28.5. The number of quaternary nitrogens is 1. The van der Waals surface area contributed by atoms with Crippen molar-refractivity contribution in [3.05, 3.63) is 0 Å². The van der Waals surface area contributed by atoms with Gasteiger partial charge in [0, 0.05) is 6.61 Å². The van der Waals surface area contributed by atoms with Gasteiger partial charge >= 0.3 is 8.56 Å². The fraction of sp³-hybridized carbons (Fsp3) is 0.968. The smallest absolute Gasteiger partial charge is 0.314 e. The van der Waals surface area contributed by atoms with Crippen LogP contribution in [0.2, 0.25) is 51.9 Å². The number of unbranched alkanes of at least 4 members (excludes halogenated alkanes) is 12. The summed E-state index contributed by atoms with van der Waals surface area (Å²) in [5.74, 6) is 0.131. The van der Waals surface area contributed by atoms with Crippen LogP contribution in [-0.4, -0.2) is 50.2 Å². The first-order valence-electron chi connectivity index (χ1n) is 16.4. The molecule has 0 saturated carbocycles.